The normalized spacial score (nSPS) is 10.2. The van der Waals surface area contributed by atoms with E-state index >= 15 is 0 Å². The van der Waals surface area contributed by atoms with Crippen molar-refractivity contribution >= 4 is 29.1 Å². The Bertz CT molecular complexity index is 970. The molecule has 7 heteroatoms. The van der Waals surface area contributed by atoms with Gasteiger partial charge in [-0.25, -0.2) is 4.79 Å². The van der Waals surface area contributed by atoms with Gasteiger partial charge in [0.05, 0.1) is 12.2 Å². The summed E-state index contributed by atoms with van der Waals surface area (Å²) in [6.45, 7) is 4.05. The molecule has 0 saturated carbocycles. The molecule has 0 saturated heterocycles. The smallest absolute Gasteiger partial charge is 0.338 e. The summed E-state index contributed by atoms with van der Waals surface area (Å²) in [6.07, 6.45) is 0. The van der Waals surface area contributed by atoms with Gasteiger partial charge in [0, 0.05) is 11.4 Å². The molecule has 0 fully saturated rings. The second kappa shape index (κ2) is 8.77. The number of rotatable bonds is 6. The average Bonchev–Trinajstić information content (AvgIpc) is 2.71. The van der Waals surface area contributed by atoms with Crippen LogP contribution in [0.5, 0.6) is 0 Å². The molecule has 1 amide bonds. The highest BCUT2D eigenvalue weighted by Crippen LogP contribution is 2.18. The summed E-state index contributed by atoms with van der Waals surface area (Å²) >= 11 is 0. The molecule has 7 nitrogen and oxygen atoms in total. The van der Waals surface area contributed by atoms with Crippen LogP contribution in [-0.4, -0.2) is 28.7 Å². The number of carbonyl (C=O) groups excluding carboxylic acids is 2. The molecule has 0 bridgehead atoms. The number of benzene rings is 2. The SMILES string of the molecule is CCOC(=O)c1ccc(NC(=O)c2ccc(Nc3ccccc3C)nn2)cc1. The molecular formula is C21H20N4O3. The van der Waals surface area contributed by atoms with Gasteiger partial charge in [0.15, 0.2) is 11.5 Å². The molecule has 0 atom stereocenters. The molecule has 0 aliphatic heterocycles. The molecule has 142 valence electrons. The summed E-state index contributed by atoms with van der Waals surface area (Å²) in [5, 5.41) is 13.9. The number of hydrogen-bond acceptors (Lipinski definition) is 6. The van der Waals surface area contributed by atoms with Crippen LogP contribution in [0.2, 0.25) is 0 Å². The third-order valence-electron chi connectivity index (χ3n) is 3.96. The van der Waals surface area contributed by atoms with Gasteiger partial charge in [0.1, 0.15) is 0 Å². The Morgan fingerprint density at radius 2 is 1.71 bits per heavy atom. The van der Waals surface area contributed by atoms with Crippen molar-refractivity contribution < 1.29 is 14.3 Å². The van der Waals surface area contributed by atoms with E-state index in [-0.39, 0.29) is 11.6 Å². The zero-order valence-corrected chi connectivity index (χ0v) is 15.6. The Kier molecular flexibility index (Phi) is 5.96. The highest BCUT2D eigenvalue weighted by molar-refractivity contribution is 6.03. The second-order valence-electron chi connectivity index (χ2n) is 6.00. The Morgan fingerprint density at radius 3 is 2.36 bits per heavy atom. The summed E-state index contributed by atoms with van der Waals surface area (Å²) in [5.74, 6) is -0.244. The monoisotopic (exact) mass is 376 g/mol. The minimum Gasteiger partial charge on any atom is -0.462 e. The van der Waals surface area contributed by atoms with E-state index in [1.165, 1.54) is 0 Å². The first-order valence-electron chi connectivity index (χ1n) is 8.81. The number of anilines is 3. The lowest BCUT2D eigenvalue weighted by Crippen LogP contribution is -2.15. The molecule has 0 unspecified atom stereocenters. The van der Waals surface area contributed by atoms with Crippen LogP contribution < -0.4 is 10.6 Å². The first kappa shape index (κ1) is 19.0. The Hall–Kier alpha value is -3.74. The van der Waals surface area contributed by atoms with Gasteiger partial charge in [0.25, 0.3) is 5.91 Å². The van der Waals surface area contributed by atoms with Crippen molar-refractivity contribution in [2.45, 2.75) is 13.8 Å². The van der Waals surface area contributed by atoms with Gasteiger partial charge in [-0.1, -0.05) is 18.2 Å². The maximum Gasteiger partial charge on any atom is 0.338 e. The van der Waals surface area contributed by atoms with Crippen LogP contribution in [0.4, 0.5) is 17.2 Å². The maximum absolute atomic E-state index is 12.3. The molecule has 2 N–H and O–H groups in total. The van der Waals surface area contributed by atoms with Gasteiger partial charge in [-0.15, -0.1) is 10.2 Å². The Morgan fingerprint density at radius 1 is 0.964 bits per heavy atom. The molecule has 1 aromatic heterocycles. The van der Waals surface area contributed by atoms with Crippen molar-refractivity contribution in [3.63, 3.8) is 0 Å². The lowest BCUT2D eigenvalue weighted by molar-refractivity contribution is 0.0526. The third-order valence-corrected chi connectivity index (χ3v) is 3.96. The number of para-hydroxylation sites is 1. The van der Waals surface area contributed by atoms with Crippen molar-refractivity contribution in [3.8, 4) is 0 Å². The van der Waals surface area contributed by atoms with Gasteiger partial charge < -0.3 is 15.4 Å². The number of nitrogens with zero attached hydrogens (tertiary/aromatic N) is 2. The summed E-state index contributed by atoms with van der Waals surface area (Å²) < 4.78 is 4.93. The zero-order valence-electron chi connectivity index (χ0n) is 15.6. The van der Waals surface area contributed by atoms with E-state index in [0.717, 1.165) is 11.3 Å². The predicted molar refractivity (Wildman–Crippen MR) is 107 cm³/mol. The van der Waals surface area contributed by atoms with E-state index in [2.05, 4.69) is 20.8 Å². The number of ether oxygens (including phenoxy) is 1. The number of aryl methyl sites for hydroxylation is 1. The van der Waals surface area contributed by atoms with Crippen molar-refractivity contribution in [1.29, 1.82) is 0 Å². The molecule has 1 heterocycles. The van der Waals surface area contributed by atoms with E-state index in [1.807, 2.05) is 31.2 Å². The fourth-order valence-electron chi connectivity index (χ4n) is 2.47. The third kappa shape index (κ3) is 4.70. The van der Waals surface area contributed by atoms with Gasteiger partial charge in [-0.3, -0.25) is 4.79 Å². The second-order valence-corrected chi connectivity index (χ2v) is 6.00. The van der Waals surface area contributed by atoms with Gasteiger partial charge in [-0.2, -0.15) is 0 Å². The number of esters is 1. The highest BCUT2D eigenvalue weighted by atomic mass is 16.5. The summed E-state index contributed by atoms with van der Waals surface area (Å²) in [7, 11) is 0. The lowest BCUT2D eigenvalue weighted by Gasteiger charge is -2.09. The van der Waals surface area contributed by atoms with Crippen molar-refractivity contribution in [3.05, 3.63) is 77.5 Å². The molecule has 0 aliphatic carbocycles. The van der Waals surface area contributed by atoms with Crippen molar-refractivity contribution in [2.24, 2.45) is 0 Å². The first-order chi connectivity index (χ1) is 13.6. The zero-order chi connectivity index (χ0) is 19.9. The number of hydrogen-bond donors (Lipinski definition) is 2. The van der Waals surface area contributed by atoms with Crippen LogP contribution in [0, 0.1) is 6.92 Å². The fourth-order valence-corrected chi connectivity index (χ4v) is 2.47. The van der Waals surface area contributed by atoms with Crippen LogP contribution in [0.15, 0.2) is 60.7 Å². The standard InChI is InChI=1S/C21H20N4O3/c1-3-28-21(27)15-8-10-16(11-9-15)22-20(26)18-12-13-19(25-24-18)23-17-7-5-4-6-14(17)2/h4-13H,3H2,1-2H3,(H,22,26)(H,23,25). The fraction of sp³-hybridized carbons (Fsp3) is 0.143. The summed E-state index contributed by atoms with van der Waals surface area (Å²) in [4.78, 5) is 24.0. The molecule has 3 rings (SSSR count). The molecule has 28 heavy (non-hydrogen) atoms. The maximum atomic E-state index is 12.3. The Balaban J connectivity index is 1.63. The van der Waals surface area contributed by atoms with E-state index in [4.69, 9.17) is 4.74 Å². The van der Waals surface area contributed by atoms with Crippen LogP contribution >= 0.6 is 0 Å². The minimum absolute atomic E-state index is 0.185. The van der Waals surface area contributed by atoms with E-state index in [0.29, 0.717) is 23.7 Å². The van der Waals surface area contributed by atoms with E-state index < -0.39 is 5.97 Å². The first-order valence-corrected chi connectivity index (χ1v) is 8.81. The van der Waals surface area contributed by atoms with Gasteiger partial charge >= 0.3 is 5.97 Å². The Labute approximate surface area is 162 Å². The van der Waals surface area contributed by atoms with Gasteiger partial charge in [0.2, 0.25) is 0 Å². The van der Waals surface area contributed by atoms with Crippen LogP contribution in [0.3, 0.4) is 0 Å². The molecule has 0 spiro atoms. The lowest BCUT2D eigenvalue weighted by atomic mass is 10.2. The molecule has 3 aromatic rings. The summed E-state index contributed by atoms with van der Waals surface area (Å²) in [6, 6.07) is 17.5. The minimum atomic E-state index is -0.400. The van der Waals surface area contributed by atoms with Crippen LogP contribution in [-0.2, 0) is 4.74 Å². The largest absolute Gasteiger partial charge is 0.462 e. The number of amides is 1. The van der Waals surface area contributed by atoms with E-state index in [1.54, 1.807) is 43.3 Å². The molecule has 2 aromatic carbocycles. The number of carbonyl (C=O) groups is 2. The average molecular weight is 376 g/mol. The predicted octanol–water partition coefficient (Wildman–Crippen LogP) is 3.96. The summed E-state index contributed by atoms with van der Waals surface area (Å²) in [5.41, 5.74) is 3.16. The van der Waals surface area contributed by atoms with Crippen LogP contribution in [0.1, 0.15) is 33.3 Å². The quantitative estimate of drug-likeness (QED) is 0.633. The number of nitrogens with one attached hydrogen (secondary N) is 2. The van der Waals surface area contributed by atoms with Crippen LogP contribution in [0.25, 0.3) is 0 Å². The van der Waals surface area contributed by atoms with Crippen molar-refractivity contribution in [1.82, 2.24) is 10.2 Å². The molecule has 0 radical (unpaired) electrons. The molecule has 0 aliphatic rings. The van der Waals surface area contributed by atoms with E-state index in [9.17, 15) is 9.59 Å². The highest BCUT2D eigenvalue weighted by Gasteiger charge is 2.11. The van der Waals surface area contributed by atoms with Gasteiger partial charge in [-0.05, 0) is 61.9 Å². The topological polar surface area (TPSA) is 93.2 Å². The molecular weight excluding hydrogens is 356 g/mol. The number of aromatic nitrogens is 2. The van der Waals surface area contributed by atoms with Crippen molar-refractivity contribution in [2.75, 3.05) is 17.2 Å².